The van der Waals surface area contributed by atoms with Gasteiger partial charge in [-0.1, -0.05) is 91.3 Å². The third-order valence-corrected chi connectivity index (χ3v) is 5.95. The Morgan fingerprint density at radius 1 is 0.879 bits per heavy atom. The smallest absolute Gasteiger partial charge is 0.243 e. The fraction of sp³-hybridized carbons (Fsp3) is 0.286. The molecule has 172 valence electrons. The van der Waals surface area contributed by atoms with Crippen LogP contribution in [0, 0.1) is 0 Å². The van der Waals surface area contributed by atoms with E-state index in [1.54, 1.807) is 11.0 Å². The van der Waals surface area contributed by atoms with E-state index in [0.717, 1.165) is 23.1 Å². The molecule has 0 radical (unpaired) electrons. The van der Waals surface area contributed by atoms with Crippen molar-refractivity contribution in [2.24, 2.45) is 0 Å². The van der Waals surface area contributed by atoms with Crippen LogP contribution in [-0.2, 0) is 29.0 Å². The second-order valence-corrected chi connectivity index (χ2v) is 8.77. The first-order valence-corrected chi connectivity index (χ1v) is 11.8. The molecule has 0 aromatic heterocycles. The van der Waals surface area contributed by atoms with Crippen LogP contribution < -0.4 is 5.32 Å². The van der Waals surface area contributed by atoms with Gasteiger partial charge >= 0.3 is 0 Å². The van der Waals surface area contributed by atoms with Crippen molar-refractivity contribution in [3.05, 3.63) is 107 Å². The third kappa shape index (κ3) is 7.47. The number of halogens is 1. The molecule has 33 heavy (non-hydrogen) atoms. The van der Waals surface area contributed by atoms with Gasteiger partial charge in [-0.2, -0.15) is 0 Å². The van der Waals surface area contributed by atoms with Crippen molar-refractivity contribution in [3.8, 4) is 0 Å². The van der Waals surface area contributed by atoms with Crippen LogP contribution in [0.2, 0.25) is 5.02 Å². The molecule has 0 aliphatic carbocycles. The lowest BCUT2D eigenvalue weighted by Gasteiger charge is -2.32. The number of carbonyl (C=O) groups excluding carboxylic acids is 2. The Kier molecular flexibility index (Phi) is 9.08. The minimum absolute atomic E-state index is 0.0213. The first-order chi connectivity index (χ1) is 16.0. The number of rotatable bonds is 10. The van der Waals surface area contributed by atoms with Gasteiger partial charge in [0.05, 0.1) is 6.42 Å². The van der Waals surface area contributed by atoms with Crippen LogP contribution >= 0.6 is 11.6 Å². The molecule has 0 heterocycles. The van der Waals surface area contributed by atoms with E-state index in [4.69, 9.17) is 11.6 Å². The number of benzene rings is 3. The van der Waals surface area contributed by atoms with E-state index in [-0.39, 0.29) is 24.3 Å². The number of nitrogens with one attached hydrogen (secondary N) is 1. The monoisotopic (exact) mass is 462 g/mol. The Morgan fingerprint density at radius 2 is 1.48 bits per heavy atom. The van der Waals surface area contributed by atoms with Crippen molar-refractivity contribution in [1.82, 2.24) is 10.2 Å². The number of hydrogen-bond donors (Lipinski definition) is 1. The Bertz CT molecular complexity index is 1040. The predicted octanol–water partition coefficient (Wildman–Crippen LogP) is 5.44. The van der Waals surface area contributed by atoms with Gasteiger partial charge in [0.25, 0.3) is 0 Å². The molecule has 0 unspecified atom stereocenters. The molecule has 2 atom stereocenters. The van der Waals surface area contributed by atoms with Crippen LogP contribution in [0.25, 0.3) is 0 Å². The Hall–Kier alpha value is -3.11. The van der Waals surface area contributed by atoms with Crippen LogP contribution in [0.4, 0.5) is 0 Å². The molecule has 3 aromatic carbocycles. The summed E-state index contributed by atoms with van der Waals surface area (Å²) in [4.78, 5) is 28.7. The van der Waals surface area contributed by atoms with Gasteiger partial charge in [0, 0.05) is 24.0 Å². The van der Waals surface area contributed by atoms with E-state index in [1.165, 1.54) is 0 Å². The maximum absolute atomic E-state index is 13.6. The Labute approximate surface area is 201 Å². The molecule has 0 fully saturated rings. The van der Waals surface area contributed by atoms with E-state index in [9.17, 15) is 9.59 Å². The predicted molar refractivity (Wildman–Crippen MR) is 134 cm³/mol. The molecule has 3 aromatic rings. The Balaban J connectivity index is 1.96. The fourth-order valence-corrected chi connectivity index (χ4v) is 3.91. The number of amides is 2. The van der Waals surface area contributed by atoms with Crippen LogP contribution in [0.15, 0.2) is 84.9 Å². The van der Waals surface area contributed by atoms with Gasteiger partial charge in [0.2, 0.25) is 11.8 Å². The highest BCUT2D eigenvalue weighted by Crippen LogP contribution is 2.19. The van der Waals surface area contributed by atoms with Gasteiger partial charge in [-0.15, -0.1) is 0 Å². The van der Waals surface area contributed by atoms with Gasteiger partial charge < -0.3 is 10.2 Å². The highest BCUT2D eigenvalue weighted by Gasteiger charge is 2.31. The lowest BCUT2D eigenvalue weighted by molar-refractivity contribution is -0.141. The maximum Gasteiger partial charge on any atom is 0.243 e. The average molecular weight is 463 g/mol. The summed E-state index contributed by atoms with van der Waals surface area (Å²) < 4.78 is 0. The number of hydrogen-bond acceptors (Lipinski definition) is 2. The molecule has 0 aliphatic rings. The summed E-state index contributed by atoms with van der Waals surface area (Å²) >= 11 is 6.21. The van der Waals surface area contributed by atoms with E-state index < -0.39 is 6.04 Å². The van der Waals surface area contributed by atoms with E-state index in [2.05, 4.69) is 5.32 Å². The maximum atomic E-state index is 13.6. The zero-order chi connectivity index (χ0) is 23.6. The lowest BCUT2D eigenvalue weighted by atomic mass is 10.0. The standard InChI is InChI=1S/C28H31ClN2O2/c1-3-21(2)30-28(33)26(18-22-11-6-4-7-12-22)31(20-24-15-10-16-25(29)17-24)27(32)19-23-13-8-5-9-14-23/h4-17,21,26H,3,18-20H2,1-2H3,(H,30,33)/t21-,26-/m1/s1. The van der Waals surface area contributed by atoms with Crippen molar-refractivity contribution in [2.45, 2.75) is 51.7 Å². The van der Waals surface area contributed by atoms with Crippen molar-refractivity contribution in [1.29, 1.82) is 0 Å². The van der Waals surface area contributed by atoms with Crippen molar-refractivity contribution in [2.75, 3.05) is 0 Å². The summed E-state index contributed by atoms with van der Waals surface area (Å²) in [6.07, 6.45) is 1.48. The second kappa shape index (κ2) is 12.2. The molecule has 0 bridgehead atoms. The molecule has 4 nitrogen and oxygen atoms in total. The summed E-state index contributed by atoms with van der Waals surface area (Å²) in [6.45, 7) is 4.31. The van der Waals surface area contributed by atoms with Gasteiger partial charge in [0.15, 0.2) is 0 Å². The first kappa shape index (κ1) is 24.5. The summed E-state index contributed by atoms with van der Waals surface area (Å²) in [5.74, 6) is -0.238. The van der Waals surface area contributed by atoms with Crippen molar-refractivity contribution in [3.63, 3.8) is 0 Å². The highest BCUT2D eigenvalue weighted by molar-refractivity contribution is 6.30. The molecule has 3 rings (SSSR count). The summed E-state index contributed by atoms with van der Waals surface area (Å²) in [5.41, 5.74) is 2.81. The summed E-state index contributed by atoms with van der Waals surface area (Å²) in [6, 6.07) is 26.3. The zero-order valence-corrected chi connectivity index (χ0v) is 20.0. The number of carbonyl (C=O) groups is 2. The Morgan fingerprint density at radius 3 is 2.09 bits per heavy atom. The molecule has 0 spiro atoms. The average Bonchev–Trinajstić information content (AvgIpc) is 2.82. The fourth-order valence-electron chi connectivity index (χ4n) is 3.70. The van der Waals surface area contributed by atoms with E-state index in [0.29, 0.717) is 18.0 Å². The zero-order valence-electron chi connectivity index (χ0n) is 19.2. The minimum Gasteiger partial charge on any atom is -0.352 e. The van der Waals surface area contributed by atoms with Crippen LogP contribution in [-0.4, -0.2) is 28.8 Å². The summed E-state index contributed by atoms with van der Waals surface area (Å²) in [5, 5.41) is 3.69. The van der Waals surface area contributed by atoms with Crippen molar-refractivity contribution < 1.29 is 9.59 Å². The number of nitrogens with zero attached hydrogens (tertiary/aromatic N) is 1. The first-order valence-electron chi connectivity index (χ1n) is 11.4. The molecule has 2 amide bonds. The van der Waals surface area contributed by atoms with E-state index >= 15 is 0 Å². The molecular weight excluding hydrogens is 432 g/mol. The van der Waals surface area contributed by atoms with Gasteiger partial charge in [0.1, 0.15) is 6.04 Å². The molecular formula is C28H31ClN2O2. The topological polar surface area (TPSA) is 49.4 Å². The van der Waals surface area contributed by atoms with Crippen LogP contribution in [0.3, 0.4) is 0 Å². The van der Waals surface area contributed by atoms with E-state index in [1.807, 2.05) is 92.7 Å². The molecule has 1 N–H and O–H groups in total. The minimum atomic E-state index is -0.642. The second-order valence-electron chi connectivity index (χ2n) is 8.34. The SMILES string of the molecule is CC[C@@H](C)NC(=O)[C@@H](Cc1ccccc1)N(Cc1cccc(Cl)c1)C(=O)Cc1ccccc1. The van der Waals surface area contributed by atoms with Crippen LogP contribution in [0.1, 0.15) is 37.0 Å². The van der Waals surface area contributed by atoms with Gasteiger partial charge in [-0.3, -0.25) is 9.59 Å². The largest absolute Gasteiger partial charge is 0.352 e. The molecule has 0 saturated heterocycles. The molecule has 5 heteroatoms. The van der Waals surface area contributed by atoms with Crippen LogP contribution in [0.5, 0.6) is 0 Å². The molecule has 0 aliphatic heterocycles. The lowest BCUT2D eigenvalue weighted by Crippen LogP contribution is -2.52. The van der Waals surface area contributed by atoms with Gasteiger partial charge in [-0.25, -0.2) is 0 Å². The highest BCUT2D eigenvalue weighted by atomic mass is 35.5. The van der Waals surface area contributed by atoms with Crippen molar-refractivity contribution >= 4 is 23.4 Å². The van der Waals surface area contributed by atoms with Gasteiger partial charge in [-0.05, 0) is 42.2 Å². The normalized spacial score (nSPS) is 12.6. The third-order valence-electron chi connectivity index (χ3n) is 5.71. The quantitative estimate of drug-likeness (QED) is 0.436. The summed E-state index contributed by atoms with van der Waals surface area (Å²) in [7, 11) is 0. The molecule has 0 saturated carbocycles.